The second-order valence-corrected chi connectivity index (χ2v) is 7.88. The van der Waals surface area contributed by atoms with Crippen LogP contribution in [0.15, 0.2) is 54.6 Å². The van der Waals surface area contributed by atoms with Crippen molar-refractivity contribution in [3.8, 4) is 11.5 Å². The maximum atomic E-state index is 13.2. The van der Waals surface area contributed by atoms with Crippen LogP contribution in [0.2, 0.25) is 0 Å². The van der Waals surface area contributed by atoms with Crippen molar-refractivity contribution in [1.29, 1.82) is 0 Å². The average molecular weight is 441 g/mol. The van der Waals surface area contributed by atoms with Gasteiger partial charge < -0.3 is 19.7 Å². The fourth-order valence-corrected chi connectivity index (χ4v) is 3.37. The third kappa shape index (κ3) is 7.91. The molecule has 0 aromatic heterocycles. The molecule has 1 N–H and O–H groups in total. The molecule has 0 aliphatic heterocycles. The Bertz CT molecular complexity index is 823. The summed E-state index contributed by atoms with van der Waals surface area (Å²) in [5, 5.41) is 3.03. The van der Waals surface area contributed by atoms with E-state index in [9.17, 15) is 9.59 Å². The molecule has 6 nitrogen and oxygen atoms in total. The van der Waals surface area contributed by atoms with Gasteiger partial charge in [-0.1, -0.05) is 44.2 Å². The van der Waals surface area contributed by atoms with Gasteiger partial charge in [-0.3, -0.25) is 9.59 Å². The highest BCUT2D eigenvalue weighted by Gasteiger charge is 2.28. The summed E-state index contributed by atoms with van der Waals surface area (Å²) >= 11 is 0. The van der Waals surface area contributed by atoms with Crippen molar-refractivity contribution in [3.05, 3.63) is 60.2 Å². The molecular formula is C26H36N2O4. The van der Waals surface area contributed by atoms with Crippen LogP contribution in [0.1, 0.15) is 52.0 Å². The minimum atomic E-state index is -0.501. The molecule has 0 spiro atoms. The second-order valence-electron chi connectivity index (χ2n) is 7.88. The first kappa shape index (κ1) is 25.2. The van der Waals surface area contributed by atoms with Gasteiger partial charge in [-0.2, -0.15) is 0 Å². The zero-order valence-electron chi connectivity index (χ0n) is 19.7. The average Bonchev–Trinajstić information content (AvgIpc) is 2.82. The van der Waals surface area contributed by atoms with E-state index in [1.807, 2.05) is 75.4 Å². The molecule has 0 fully saturated rings. The molecule has 0 aliphatic rings. The molecule has 2 amide bonds. The van der Waals surface area contributed by atoms with Gasteiger partial charge in [0.05, 0.1) is 13.7 Å². The van der Waals surface area contributed by atoms with Crippen molar-refractivity contribution < 1.29 is 19.1 Å². The van der Waals surface area contributed by atoms with Crippen molar-refractivity contribution >= 4 is 11.8 Å². The predicted octanol–water partition coefficient (Wildman–Crippen LogP) is 4.58. The highest BCUT2D eigenvalue weighted by Crippen LogP contribution is 2.18. The fraction of sp³-hybridized carbons (Fsp3) is 0.462. The maximum absolute atomic E-state index is 13.2. The Labute approximate surface area is 191 Å². The van der Waals surface area contributed by atoms with Gasteiger partial charge in [0.15, 0.2) is 0 Å². The van der Waals surface area contributed by atoms with Gasteiger partial charge in [-0.05, 0) is 56.0 Å². The van der Waals surface area contributed by atoms with Crippen LogP contribution in [0.5, 0.6) is 11.5 Å². The van der Waals surface area contributed by atoms with Gasteiger partial charge in [0, 0.05) is 19.0 Å². The summed E-state index contributed by atoms with van der Waals surface area (Å²) in [5.74, 6) is 1.36. The Kier molecular flexibility index (Phi) is 10.6. The first-order valence-electron chi connectivity index (χ1n) is 11.4. The minimum absolute atomic E-state index is 0.0432. The van der Waals surface area contributed by atoms with Crippen LogP contribution in [0.3, 0.4) is 0 Å². The van der Waals surface area contributed by atoms with Crippen molar-refractivity contribution in [2.75, 3.05) is 13.7 Å². The molecule has 2 atom stereocenters. The van der Waals surface area contributed by atoms with E-state index in [0.717, 1.165) is 23.5 Å². The van der Waals surface area contributed by atoms with Gasteiger partial charge in [0.25, 0.3) is 0 Å². The number of carbonyl (C=O) groups is 2. The van der Waals surface area contributed by atoms with Crippen molar-refractivity contribution in [2.45, 2.75) is 65.1 Å². The van der Waals surface area contributed by atoms with Gasteiger partial charge in [0.1, 0.15) is 17.5 Å². The van der Waals surface area contributed by atoms with Crippen LogP contribution < -0.4 is 14.8 Å². The van der Waals surface area contributed by atoms with Gasteiger partial charge >= 0.3 is 0 Å². The lowest BCUT2D eigenvalue weighted by atomic mass is 10.1. The van der Waals surface area contributed by atoms with Gasteiger partial charge in [-0.25, -0.2) is 0 Å². The third-order valence-electron chi connectivity index (χ3n) is 5.45. The third-order valence-corrected chi connectivity index (χ3v) is 5.45. The Balaban J connectivity index is 2.01. The standard InChI is InChI=1S/C26H36N2O4/c1-5-20(3)27-26(30)24(6-2)28(19-21-11-8-7-9-12-21)25(29)13-10-18-32-23-16-14-22(31-4)15-17-23/h7-9,11-12,14-17,20,24H,5-6,10,13,18-19H2,1-4H3,(H,27,30)/t20-,24+/m1/s1. The topological polar surface area (TPSA) is 67.9 Å². The molecule has 2 rings (SSSR count). The summed E-state index contributed by atoms with van der Waals surface area (Å²) in [7, 11) is 1.62. The number of carbonyl (C=O) groups excluding carboxylic acids is 2. The smallest absolute Gasteiger partial charge is 0.243 e. The molecule has 0 unspecified atom stereocenters. The van der Waals surface area contributed by atoms with Crippen molar-refractivity contribution in [1.82, 2.24) is 10.2 Å². The van der Waals surface area contributed by atoms with E-state index in [1.165, 1.54) is 0 Å². The van der Waals surface area contributed by atoms with Gasteiger partial charge in [0.2, 0.25) is 11.8 Å². The van der Waals surface area contributed by atoms with Crippen LogP contribution in [0.25, 0.3) is 0 Å². The predicted molar refractivity (Wildman–Crippen MR) is 127 cm³/mol. The molecule has 2 aromatic rings. The fourth-order valence-electron chi connectivity index (χ4n) is 3.37. The maximum Gasteiger partial charge on any atom is 0.243 e. The van der Waals surface area contributed by atoms with Crippen LogP contribution in [-0.4, -0.2) is 42.5 Å². The lowest BCUT2D eigenvalue weighted by Crippen LogP contribution is -2.50. The monoisotopic (exact) mass is 440 g/mol. The van der Waals surface area contributed by atoms with E-state index in [1.54, 1.807) is 12.0 Å². The Morgan fingerprint density at radius 3 is 2.22 bits per heavy atom. The molecule has 0 aliphatic carbocycles. The van der Waals surface area contributed by atoms with Gasteiger partial charge in [-0.15, -0.1) is 0 Å². The number of ether oxygens (including phenoxy) is 2. The molecule has 0 saturated heterocycles. The Hall–Kier alpha value is -3.02. The van der Waals surface area contributed by atoms with E-state index >= 15 is 0 Å². The lowest BCUT2D eigenvalue weighted by Gasteiger charge is -2.31. The second kappa shape index (κ2) is 13.4. The molecule has 0 saturated carbocycles. The summed E-state index contributed by atoms with van der Waals surface area (Å²) in [6, 6.07) is 16.7. The van der Waals surface area contributed by atoms with E-state index < -0.39 is 6.04 Å². The number of nitrogens with one attached hydrogen (secondary N) is 1. The van der Waals surface area contributed by atoms with E-state index in [-0.39, 0.29) is 17.9 Å². The first-order chi connectivity index (χ1) is 15.5. The van der Waals surface area contributed by atoms with Crippen molar-refractivity contribution in [3.63, 3.8) is 0 Å². The van der Waals surface area contributed by atoms with Crippen LogP contribution in [0, 0.1) is 0 Å². The molecular weight excluding hydrogens is 404 g/mol. The number of hydrogen-bond donors (Lipinski definition) is 1. The minimum Gasteiger partial charge on any atom is -0.497 e. The van der Waals surface area contributed by atoms with Crippen LogP contribution >= 0.6 is 0 Å². The number of hydrogen-bond acceptors (Lipinski definition) is 4. The highest BCUT2D eigenvalue weighted by atomic mass is 16.5. The number of rotatable bonds is 13. The SMILES string of the molecule is CC[C@@H](C)NC(=O)[C@H](CC)N(Cc1ccccc1)C(=O)CCCOc1ccc(OC)cc1. The largest absolute Gasteiger partial charge is 0.497 e. The molecule has 32 heavy (non-hydrogen) atoms. The van der Waals surface area contributed by atoms with Crippen LogP contribution in [-0.2, 0) is 16.1 Å². The summed E-state index contributed by atoms with van der Waals surface area (Å²) in [6.45, 7) is 6.78. The number of methoxy groups -OCH3 is 1. The summed E-state index contributed by atoms with van der Waals surface area (Å²) < 4.78 is 10.9. The van der Waals surface area contributed by atoms with E-state index in [4.69, 9.17) is 9.47 Å². The molecule has 0 bridgehead atoms. The number of benzene rings is 2. The van der Waals surface area contributed by atoms with E-state index in [2.05, 4.69) is 5.32 Å². The number of nitrogens with zero attached hydrogens (tertiary/aromatic N) is 1. The Morgan fingerprint density at radius 1 is 0.969 bits per heavy atom. The highest BCUT2D eigenvalue weighted by molar-refractivity contribution is 5.87. The first-order valence-corrected chi connectivity index (χ1v) is 11.4. The zero-order valence-corrected chi connectivity index (χ0v) is 19.7. The summed E-state index contributed by atoms with van der Waals surface area (Å²) in [6.07, 6.45) is 2.29. The Morgan fingerprint density at radius 2 is 1.62 bits per heavy atom. The molecule has 2 aromatic carbocycles. The zero-order chi connectivity index (χ0) is 23.3. The summed E-state index contributed by atoms with van der Waals surface area (Å²) in [4.78, 5) is 27.8. The van der Waals surface area contributed by atoms with E-state index in [0.29, 0.717) is 32.4 Å². The molecule has 6 heteroatoms. The van der Waals surface area contributed by atoms with Crippen LogP contribution in [0.4, 0.5) is 0 Å². The quantitative estimate of drug-likeness (QED) is 0.463. The van der Waals surface area contributed by atoms with Crippen molar-refractivity contribution in [2.24, 2.45) is 0 Å². The molecule has 174 valence electrons. The summed E-state index contributed by atoms with van der Waals surface area (Å²) in [5.41, 5.74) is 1.00. The lowest BCUT2D eigenvalue weighted by molar-refractivity contribution is -0.141. The number of amides is 2. The normalized spacial score (nSPS) is 12.5. The molecule has 0 radical (unpaired) electrons. The molecule has 0 heterocycles.